The zero-order chi connectivity index (χ0) is 22.4. The second-order valence-corrected chi connectivity index (χ2v) is 7.95. The molecule has 0 spiro atoms. The molecule has 1 N–H and O–H groups in total. The number of ether oxygens (including phenoxy) is 3. The van der Waals surface area contributed by atoms with Crippen LogP contribution in [0, 0.1) is 0 Å². The van der Waals surface area contributed by atoms with Crippen molar-refractivity contribution in [3.05, 3.63) is 53.9 Å². The van der Waals surface area contributed by atoms with Crippen LogP contribution in [0.5, 0.6) is 11.5 Å². The molecule has 0 saturated heterocycles. The van der Waals surface area contributed by atoms with Gasteiger partial charge in [-0.1, -0.05) is 17.3 Å². The summed E-state index contributed by atoms with van der Waals surface area (Å²) in [5, 5.41) is 3.90. The van der Waals surface area contributed by atoms with E-state index in [1.165, 1.54) is 32.4 Å². The van der Waals surface area contributed by atoms with Gasteiger partial charge in [-0.2, -0.15) is 4.98 Å². The molecule has 0 amide bonds. The van der Waals surface area contributed by atoms with Crippen LogP contribution in [-0.2, 0) is 21.4 Å². The molecule has 0 aliphatic carbocycles. The molecule has 10 nitrogen and oxygen atoms in total. The Morgan fingerprint density at radius 2 is 1.94 bits per heavy atom. The van der Waals surface area contributed by atoms with Crippen molar-refractivity contribution < 1.29 is 31.9 Å². The summed E-state index contributed by atoms with van der Waals surface area (Å²) < 4.78 is 47.5. The lowest BCUT2D eigenvalue weighted by Crippen LogP contribution is -2.20. The van der Waals surface area contributed by atoms with E-state index in [4.69, 9.17) is 18.7 Å². The second-order valence-electron chi connectivity index (χ2n) is 6.09. The number of aromatic nitrogens is 2. The highest BCUT2D eigenvalue weighted by atomic mass is 32.2. The van der Waals surface area contributed by atoms with Gasteiger partial charge in [-0.15, -0.1) is 0 Å². The Labute approximate surface area is 179 Å². The number of carbonyl (C=O) groups excluding carboxylic acids is 1. The van der Waals surface area contributed by atoms with Gasteiger partial charge in [0, 0.05) is 0 Å². The first-order valence-electron chi connectivity index (χ1n) is 9.23. The predicted octanol–water partition coefficient (Wildman–Crippen LogP) is 2.41. The summed E-state index contributed by atoms with van der Waals surface area (Å²) in [7, 11) is -1.24. The number of nitrogens with zero attached hydrogens (tertiary/aromatic N) is 2. The highest BCUT2D eigenvalue weighted by Gasteiger charge is 2.21. The first-order chi connectivity index (χ1) is 14.9. The van der Waals surface area contributed by atoms with Crippen molar-refractivity contribution in [1.82, 2.24) is 14.9 Å². The maximum atomic E-state index is 12.4. The summed E-state index contributed by atoms with van der Waals surface area (Å²) in [5.41, 5.74) is 0.666. The van der Waals surface area contributed by atoms with E-state index >= 15 is 0 Å². The molecule has 0 saturated carbocycles. The van der Waals surface area contributed by atoms with E-state index in [-0.39, 0.29) is 28.7 Å². The molecule has 0 aliphatic rings. The van der Waals surface area contributed by atoms with Gasteiger partial charge >= 0.3 is 5.97 Å². The van der Waals surface area contributed by atoms with Gasteiger partial charge in [-0.05, 0) is 44.3 Å². The molecule has 164 valence electrons. The van der Waals surface area contributed by atoms with Crippen LogP contribution in [0.1, 0.15) is 23.2 Å². The lowest BCUT2D eigenvalue weighted by atomic mass is 10.2. The molecular weight excluding hydrogens is 426 g/mol. The van der Waals surface area contributed by atoms with Crippen molar-refractivity contribution in [2.75, 3.05) is 20.8 Å². The first-order valence-corrected chi connectivity index (χ1v) is 10.7. The maximum Gasteiger partial charge on any atom is 0.338 e. The standard InChI is InChI=1S/C20H21N3O7S/c1-4-28-15-8-6-5-7-14(15)19-22-18(30-23-19)12-29-20(24)13-9-10-16(27-3)17(11-13)31(25,26)21-2/h5-11,21H,4,12H2,1-3H3. The van der Waals surface area contributed by atoms with E-state index < -0.39 is 16.0 Å². The number of hydrogen-bond donors (Lipinski definition) is 1. The van der Waals surface area contributed by atoms with Crippen LogP contribution in [0.25, 0.3) is 11.4 Å². The van der Waals surface area contributed by atoms with Crippen molar-refractivity contribution >= 4 is 16.0 Å². The van der Waals surface area contributed by atoms with E-state index in [0.717, 1.165) is 0 Å². The third kappa shape index (κ3) is 5.01. The molecule has 31 heavy (non-hydrogen) atoms. The lowest BCUT2D eigenvalue weighted by Gasteiger charge is -2.10. The van der Waals surface area contributed by atoms with Gasteiger partial charge in [0.25, 0.3) is 5.89 Å². The van der Waals surface area contributed by atoms with Crippen LogP contribution >= 0.6 is 0 Å². The summed E-state index contributed by atoms with van der Waals surface area (Å²) in [4.78, 5) is 16.5. The number of sulfonamides is 1. The minimum absolute atomic E-state index is 0.0241. The van der Waals surface area contributed by atoms with Crippen LogP contribution in [-0.4, -0.2) is 45.3 Å². The Hall–Kier alpha value is -3.44. The summed E-state index contributed by atoms with van der Waals surface area (Å²) in [6.45, 7) is 2.06. The molecule has 0 atom stereocenters. The number of para-hydroxylation sites is 1. The summed E-state index contributed by atoms with van der Waals surface area (Å²) >= 11 is 0. The van der Waals surface area contributed by atoms with Crippen LogP contribution in [0.15, 0.2) is 51.9 Å². The highest BCUT2D eigenvalue weighted by molar-refractivity contribution is 7.89. The number of rotatable bonds is 9. The third-order valence-corrected chi connectivity index (χ3v) is 5.62. The zero-order valence-electron chi connectivity index (χ0n) is 17.1. The van der Waals surface area contributed by atoms with Gasteiger partial charge in [0.15, 0.2) is 6.61 Å². The fourth-order valence-electron chi connectivity index (χ4n) is 2.69. The largest absolute Gasteiger partial charge is 0.495 e. The molecule has 3 aromatic rings. The third-order valence-electron chi connectivity index (χ3n) is 4.18. The number of hydrogen-bond acceptors (Lipinski definition) is 9. The monoisotopic (exact) mass is 447 g/mol. The number of methoxy groups -OCH3 is 1. The van der Waals surface area contributed by atoms with Crippen molar-refractivity contribution in [3.8, 4) is 22.9 Å². The number of carbonyl (C=O) groups is 1. The van der Waals surface area contributed by atoms with Crippen LogP contribution in [0.4, 0.5) is 0 Å². The van der Waals surface area contributed by atoms with Crippen molar-refractivity contribution in [3.63, 3.8) is 0 Å². The van der Waals surface area contributed by atoms with Gasteiger partial charge in [0.1, 0.15) is 16.4 Å². The molecule has 3 rings (SSSR count). The molecule has 2 aromatic carbocycles. The van der Waals surface area contributed by atoms with Crippen LogP contribution in [0.3, 0.4) is 0 Å². The molecule has 0 radical (unpaired) electrons. The molecule has 0 fully saturated rings. The molecule has 1 aromatic heterocycles. The average Bonchev–Trinajstić information content (AvgIpc) is 3.26. The summed E-state index contributed by atoms with van der Waals surface area (Å²) in [6, 6.07) is 11.2. The van der Waals surface area contributed by atoms with E-state index in [1.807, 2.05) is 19.1 Å². The quantitative estimate of drug-likeness (QED) is 0.491. The van der Waals surface area contributed by atoms with Crippen LogP contribution in [0.2, 0.25) is 0 Å². The van der Waals surface area contributed by atoms with Gasteiger partial charge < -0.3 is 18.7 Å². The first kappa shape index (κ1) is 22.2. The molecular formula is C20H21N3O7S. The minimum atomic E-state index is -3.84. The topological polar surface area (TPSA) is 130 Å². The number of nitrogens with one attached hydrogen (secondary N) is 1. The van der Waals surface area contributed by atoms with Crippen molar-refractivity contribution in [2.45, 2.75) is 18.4 Å². The maximum absolute atomic E-state index is 12.4. The molecule has 11 heteroatoms. The van der Waals surface area contributed by atoms with Crippen molar-refractivity contribution in [1.29, 1.82) is 0 Å². The van der Waals surface area contributed by atoms with Crippen molar-refractivity contribution in [2.24, 2.45) is 0 Å². The summed E-state index contributed by atoms with van der Waals surface area (Å²) in [5.74, 6) is 0.309. The van der Waals surface area contributed by atoms with Gasteiger partial charge in [-0.3, -0.25) is 0 Å². The Morgan fingerprint density at radius 3 is 2.65 bits per heavy atom. The number of benzene rings is 2. The Balaban J connectivity index is 1.75. The summed E-state index contributed by atoms with van der Waals surface area (Å²) in [6.07, 6.45) is 0. The Bertz CT molecular complexity index is 1180. The van der Waals surface area contributed by atoms with Crippen LogP contribution < -0.4 is 14.2 Å². The zero-order valence-corrected chi connectivity index (χ0v) is 17.9. The minimum Gasteiger partial charge on any atom is -0.495 e. The van der Waals surface area contributed by atoms with Gasteiger partial charge in [0.05, 0.1) is 24.8 Å². The molecule has 0 unspecified atom stereocenters. The predicted molar refractivity (Wildman–Crippen MR) is 109 cm³/mol. The second kappa shape index (κ2) is 9.58. The SMILES string of the molecule is CCOc1ccccc1-c1noc(COC(=O)c2ccc(OC)c(S(=O)(=O)NC)c2)n1. The fourth-order valence-corrected chi connectivity index (χ4v) is 3.61. The fraction of sp³-hybridized carbons (Fsp3) is 0.250. The van der Waals surface area contributed by atoms with E-state index in [2.05, 4.69) is 14.9 Å². The molecule has 1 heterocycles. The van der Waals surface area contributed by atoms with Gasteiger partial charge in [0.2, 0.25) is 15.8 Å². The molecule has 0 bridgehead atoms. The van der Waals surface area contributed by atoms with E-state index in [0.29, 0.717) is 23.7 Å². The van der Waals surface area contributed by atoms with E-state index in [9.17, 15) is 13.2 Å². The average molecular weight is 447 g/mol. The number of esters is 1. The highest BCUT2D eigenvalue weighted by Crippen LogP contribution is 2.28. The molecule has 0 aliphatic heterocycles. The van der Waals surface area contributed by atoms with Gasteiger partial charge in [-0.25, -0.2) is 17.9 Å². The van der Waals surface area contributed by atoms with E-state index in [1.54, 1.807) is 12.1 Å². The Morgan fingerprint density at radius 1 is 1.16 bits per heavy atom. The smallest absolute Gasteiger partial charge is 0.338 e. The normalized spacial score (nSPS) is 11.2. The lowest BCUT2D eigenvalue weighted by molar-refractivity contribution is 0.0429. The Kier molecular flexibility index (Phi) is 6.88.